The number of hydrogen-bond acceptors (Lipinski definition) is 3. The molecule has 0 saturated carbocycles. The maximum absolute atomic E-state index is 9.92. The summed E-state index contributed by atoms with van der Waals surface area (Å²) in [4.78, 5) is 4.39. The Morgan fingerprint density at radius 1 is 1.50 bits per heavy atom. The summed E-state index contributed by atoms with van der Waals surface area (Å²) in [5.41, 5.74) is 1.10. The first-order valence-electron chi connectivity index (χ1n) is 4.75. The lowest BCUT2D eigenvalue weighted by Gasteiger charge is -2.16. The summed E-state index contributed by atoms with van der Waals surface area (Å²) in [5.74, 6) is 0. The van der Waals surface area contributed by atoms with Crippen LogP contribution in [0.2, 0.25) is 5.15 Å². The maximum atomic E-state index is 9.92. The highest BCUT2D eigenvalue weighted by molar-refractivity contribution is 14.1. The summed E-state index contributed by atoms with van der Waals surface area (Å²) < 4.78 is 2.53. The molecule has 1 N–H and O–H groups in total. The van der Waals surface area contributed by atoms with E-state index in [-0.39, 0.29) is 0 Å². The molecule has 2 aromatic heterocycles. The minimum absolute atomic E-state index is 0.452. The average Bonchev–Trinajstić information content (AvgIpc) is 2.44. The van der Waals surface area contributed by atoms with E-state index in [2.05, 4.69) is 32.7 Å². The molecule has 0 aromatic carbocycles. The molecule has 0 aliphatic carbocycles. The monoisotopic (exact) mass is 351 g/mol. The van der Waals surface area contributed by atoms with Crippen LogP contribution in [0.1, 0.15) is 25.2 Å². The lowest BCUT2D eigenvalue weighted by Crippen LogP contribution is -2.18. The quantitative estimate of drug-likeness (QED) is 0.634. The van der Waals surface area contributed by atoms with Crippen LogP contribution in [0, 0.1) is 10.5 Å². The van der Waals surface area contributed by atoms with Crippen molar-refractivity contribution in [1.82, 2.24) is 14.6 Å². The van der Waals surface area contributed by atoms with Crippen LogP contribution in [0.4, 0.5) is 0 Å². The Bertz CT molecular complexity index is 559. The Morgan fingerprint density at radius 3 is 2.69 bits per heavy atom. The molecule has 86 valence electrons. The SMILES string of the molecule is Cc1nn2c(Cl)cc(C(C)(C)O)nc2c1I. The summed E-state index contributed by atoms with van der Waals surface area (Å²) in [6, 6.07) is 1.64. The first-order chi connectivity index (χ1) is 7.30. The molecule has 2 heterocycles. The molecule has 16 heavy (non-hydrogen) atoms. The third-order valence-electron chi connectivity index (χ3n) is 2.28. The van der Waals surface area contributed by atoms with E-state index in [0.29, 0.717) is 16.5 Å². The standard InChI is InChI=1S/C10H11ClIN3O/c1-5-8(12)9-13-6(10(2,3)16)4-7(11)15(9)14-5/h4,16H,1-3H3. The molecule has 0 bridgehead atoms. The van der Waals surface area contributed by atoms with Crippen molar-refractivity contribution >= 4 is 39.8 Å². The van der Waals surface area contributed by atoms with Crippen LogP contribution in [0.5, 0.6) is 0 Å². The summed E-state index contributed by atoms with van der Waals surface area (Å²) in [7, 11) is 0. The van der Waals surface area contributed by atoms with Crippen LogP contribution in [-0.4, -0.2) is 19.7 Å². The number of halogens is 2. The van der Waals surface area contributed by atoms with Crippen molar-refractivity contribution < 1.29 is 5.11 Å². The van der Waals surface area contributed by atoms with Crippen molar-refractivity contribution in [1.29, 1.82) is 0 Å². The van der Waals surface area contributed by atoms with Crippen LogP contribution in [-0.2, 0) is 5.60 Å². The van der Waals surface area contributed by atoms with Crippen molar-refractivity contribution in [2.24, 2.45) is 0 Å². The highest BCUT2D eigenvalue weighted by Crippen LogP contribution is 2.25. The van der Waals surface area contributed by atoms with Gasteiger partial charge >= 0.3 is 0 Å². The Morgan fingerprint density at radius 2 is 2.12 bits per heavy atom. The molecule has 0 unspecified atom stereocenters. The first kappa shape index (κ1) is 12.1. The second kappa shape index (κ2) is 3.82. The number of aliphatic hydroxyl groups is 1. The van der Waals surface area contributed by atoms with Gasteiger partial charge in [-0.3, -0.25) is 0 Å². The van der Waals surface area contributed by atoms with Crippen LogP contribution < -0.4 is 0 Å². The number of aromatic nitrogens is 3. The van der Waals surface area contributed by atoms with E-state index >= 15 is 0 Å². The smallest absolute Gasteiger partial charge is 0.170 e. The van der Waals surface area contributed by atoms with Gasteiger partial charge in [-0.1, -0.05) is 11.6 Å². The molecule has 4 nitrogen and oxygen atoms in total. The van der Waals surface area contributed by atoms with Crippen LogP contribution in [0.3, 0.4) is 0 Å². The fourth-order valence-corrected chi connectivity index (χ4v) is 2.05. The molecule has 0 aliphatic rings. The van der Waals surface area contributed by atoms with Crippen LogP contribution in [0.15, 0.2) is 6.07 Å². The molecule has 0 saturated heterocycles. The molecule has 0 atom stereocenters. The Hall–Kier alpha value is -0.400. The predicted molar refractivity (Wildman–Crippen MR) is 70.7 cm³/mol. The molecule has 0 spiro atoms. The van der Waals surface area contributed by atoms with Gasteiger partial charge in [0.1, 0.15) is 10.8 Å². The molecule has 0 radical (unpaired) electrons. The van der Waals surface area contributed by atoms with E-state index in [1.165, 1.54) is 0 Å². The molecular formula is C10H11ClIN3O. The third kappa shape index (κ3) is 1.91. The Balaban J connectivity index is 2.80. The van der Waals surface area contributed by atoms with Gasteiger partial charge in [0.05, 0.1) is 15.0 Å². The van der Waals surface area contributed by atoms with Gasteiger partial charge in [-0.25, -0.2) is 9.50 Å². The molecule has 2 aromatic rings. The highest BCUT2D eigenvalue weighted by Gasteiger charge is 2.21. The Kier molecular flexibility index (Phi) is 2.88. The number of rotatable bonds is 1. The van der Waals surface area contributed by atoms with Gasteiger partial charge in [-0.15, -0.1) is 0 Å². The second-order valence-electron chi connectivity index (χ2n) is 4.16. The lowest BCUT2D eigenvalue weighted by molar-refractivity contribution is 0.0740. The van der Waals surface area contributed by atoms with Gasteiger partial charge in [-0.05, 0) is 43.4 Å². The highest BCUT2D eigenvalue weighted by atomic mass is 127. The molecule has 6 heteroatoms. The second-order valence-corrected chi connectivity index (χ2v) is 5.62. The van der Waals surface area contributed by atoms with E-state index in [1.54, 1.807) is 24.4 Å². The Labute approximate surface area is 112 Å². The van der Waals surface area contributed by atoms with E-state index in [4.69, 9.17) is 11.6 Å². The number of hydrogen-bond donors (Lipinski definition) is 1. The van der Waals surface area contributed by atoms with Gasteiger partial charge in [0, 0.05) is 6.07 Å². The van der Waals surface area contributed by atoms with Crippen molar-refractivity contribution in [3.63, 3.8) is 0 Å². The molecule has 0 aliphatic heterocycles. The van der Waals surface area contributed by atoms with Gasteiger partial charge in [0.2, 0.25) is 0 Å². The average molecular weight is 352 g/mol. The van der Waals surface area contributed by atoms with E-state index in [9.17, 15) is 5.11 Å². The first-order valence-corrected chi connectivity index (χ1v) is 6.20. The zero-order valence-electron chi connectivity index (χ0n) is 9.12. The van der Waals surface area contributed by atoms with Gasteiger partial charge < -0.3 is 5.11 Å². The molecule has 2 rings (SSSR count). The fourth-order valence-electron chi connectivity index (χ4n) is 1.38. The number of fused-ring (bicyclic) bond motifs is 1. The van der Waals surface area contributed by atoms with E-state index in [0.717, 1.165) is 9.26 Å². The normalized spacial score (nSPS) is 12.4. The van der Waals surface area contributed by atoms with Crippen molar-refractivity contribution in [2.75, 3.05) is 0 Å². The lowest BCUT2D eigenvalue weighted by atomic mass is 10.1. The maximum Gasteiger partial charge on any atom is 0.170 e. The minimum Gasteiger partial charge on any atom is -0.384 e. The topological polar surface area (TPSA) is 50.4 Å². The zero-order chi connectivity index (χ0) is 12.1. The third-order valence-corrected chi connectivity index (χ3v) is 3.81. The molecular weight excluding hydrogens is 340 g/mol. The van der Waals surface area contributed by atoms with Crippen molar-refractivity contribution in [2.45, 2.75) is 26.4 Å². The van der Waals surface area contributed by atoms with E-state index in [1.807, 2.05) is 6.92 Å². The van der Waals surface area contributed by atoms with Crippen molar-refractivity contribution in [3.8, 4) is 0 Å². The number of nitrogens with zero attached hydrogens (tertiary/aromatic N) is 3. The summed E-state index contributed by atoms with van der Waals surface area (Å²) in [6.07, 6.45) is 0. The van der Waals surface area contributed by atoms with Gasteiger partial charge in [0.25, 0.3) is 0 Å². The molecule has 0 fully saturated rings. The predicted octanol–water partition coefficient (Wildman–Crippen LogP) is 2.52. The molecule has 0 amide bonds. The van der Waals surface area contributed by atoms with Crippen LogP contribution >= 0.6 is 34.2 Å². The van der Waals surface area contributed by atoms with Crippen molar-refractivity contribution in [3.05, 3.63) is 26.2 Å². The minimum atomic E-state index is -1.01. The number of aryl methyl sites for hydroxylation is 1. The summed E-state index contributed by atoms with van der Waals surface area (Å²) >= 11 is 8.27. The van der Waals surface area contributed by atoms with Gasteiger partial charge in [-0.2, -0.15) is 5.10 Å². The summed E-state index contributed by atoms with van der Waals surface area (Å²) in [6.45, 7) is 5.26. The van der Waals surface area contributed by atoms with E-state index < -0.39 is 5.60 Å². The van der Waals surface area contributed by atoms with Crippen LogP contribution in [0.25, 0.3) is 5.65 Å². The largest absolute Gasteiger partial charge is 0.384 e. The summed E-state index contributed by atoms with van der Waals surface area (Å²) in [5, 5.41) is 14.6. The zero-order valence-corrected chi connectivity index (χ0v) is 12.0. The van der Waals surface area contributed by atoms with Gasteiger partial charge in [0.15, 0.2) is 5.65 Å². The fraction of sp³-hybridized carbons (Fsp3) is 0.400.